The zero-order valence-corrected chi connectivity index (χ0v) is 21.6. The summed E-state index contributed by atoms with van der Waals surface area (Å²) in [6, 6.07) is 0. The van der Waals surface area contributed by atoms with Crippen molar-refractivity contribution in [2.75, 3.05) is 54.4 Å². The van der Waals surface area contributed by atoms with Gasteiger partial charge in [0, 0.05) is 0 Å². The van der Waals surface area contributed by atoms with Crippen molar-refractivity contribution in [1.29, 1.82) is 0 Å². The molecule has 0 aliphatic rings. The third-order valence-corrected chi connectivity index (χ3v) is 5.97. The zero-order valence-electron chi connectivity index (χ0n) is 21.6. The van der Waals surface area contributed by atoms with Gasteiger partial charge in [-0.3, -0.25) is 0 Å². The van der Waals surface area contributed by atoms with Crippen molar-refractivity contribution in [2.45, 2.75) is 118 Å². The van der Waals surface area contributed by atoms with Gasteiger partial charge >= 0.3 is 0 Å². The molecule has 0 radical (unpaired) electrons. The maximum absolute atomic E-state index is 2.37. The first-order valence-electron chi connectivity index (χ1n) is 12.9. The van der Waals surface area contributed by atoms with E-state index in [-0.39, 0.29) is 0 Å². The Balaban J connectivity index is 0. The zero-order chi connectivity index (χ0) is 21.7. The molecule has 0 heterocycles. The molecule has 0 saturated heterocycles. The van der Waals surface area contributed by atoms with E-state index in [1.165, 1.54) is 125 Å². The summed E-state index contributed by atoms with van der Waals surface area (Å²) in [5.41, 5.74) is 0. The average molecular weight is 401 g/mol. The predicted octanol–water partition coefficient (Wildman–Crippen LogP) is 7.67. The minimum atomic E-state index is 1.22. The van der Waals surface area contributed by atoms with Crippen LogP contribution in [-0.4, -0.2) is 63.3 Å². The van der Waals surface area contributed by atoms with E-state index < -0.39 is 0 Å². The summed E-state index contributed by atoms with van der Waals surface area (Å²) in [6.45, 7) is 14.5. The van der Waals surface area contributed by atoms with E-state index in [2.05, 4.69) is 55.9 Å². The Hall–Kier alpha value is -0.0800. The molecule has 0 aliphatic carbocycles. The molecule has 0 N–H and O–H groups in total. The van der Waals surface area contributed by atoms with Crippen molar-refractivity contribution >= 4 is 0 Å². The van der Waals surface area contributed by atoms with E-state index in [1.807, 2.05) is 0 Å². The Labute approximate surface area is 181 Å². The Bertz CT molecular complexity index is 267. The average Bonchev–Trinajstić information content (AvgIpc) is 2.65. The van der Waals surface area contributed by atoms with E-state index in [1.54, 1.807) is 0 Å². The quantitative estimate of drug-likeness (QED) is 0.163. The summed E-state index contributed by atoms with van der Waals surface area (Å²) < 4.78 is 2.44. The summed E-state index contributed by atoms with van der Waals surface area (Å²) in [5, 5.41) is 0. The number of hydrogen-bond donors (Lipinski definition) is 0. The van der Waals surface area contributed by atoms with Gasteiger partial charge in [-0.1, -0.05) is 79.1 Å². The lowest BCUT2D eigenvalue weighted by atomic mass is 10.1. The largest absolute Gasteiger partial charge is 0.328 e. The molecule has 0 aromatic rings. The van der Waals surface area contributed by atoms with Gasteiger partial charge in [0.05, 0.1) is 54.4 Å². The standard InChI is InChI=1S/2C13H30N/c2*1-5-7-9-10-11-13-14(3,4)12-8-6-2/h2*5-13H2,1-4H3/q2*+1. The minimum absolute atomic E-state index is 1.22. The molecule has 2 nitrogen and oxygen atoms in total. The summed E-state index contributed by atoms with van der Waals surface area (Å²) in [4.78, 5) is 0. The van der Waals surface area contributed by atoms with Crippen LogP contribution in [0.5, 0.6) is 0 Å². The maximum atomic E-state index is 2.37. The molecular formula is C26H60N2+2. The van der Waals surface area contributed by atoms with Gasteiger partial charge in [0.15, 0.2) is 0 Å². The van der Waals surface area contributed by atoms with Gasteiger partial charge in [0.25, 0.3) is 0 Å². The smallest absolute Gasteiger partial charge is 0.0782 e. The molecule has 0 rings (SSSR count). The van der Waals surface area contributed by atoms with Crippen molar-refractivity contribution in [1.82, 2.24) is 0 Å². The fourth-order valence-corrected chi connectivity index (χ4v) is 3.68. The van der Waals surface area contributed by atoms with Crippen molar-refractivity contribution < 1.29 is 8.97 Å². The lowest BCUT2D eigenvalue weighted by Crippen LogP contribution is -2.41. The molecule has 172 valence electrons. The number of quaternary nitrogens is 2. The lowest BCUT2D eigenvalue weighted by Gasteiger charge is -2.29. The van der Waals surface area contributed by atoms with Crippen LogP contribution in [0.3, 0.4) is 0 Å². The topological polar surface area (TPSA) is 0 Å². The van der Waals surface area contributed by atoms with Crippen LogP contribution in [0.4, 0.5) is 0 Å². The van der Waals surface area contributed by atoms with Gasteiger partial charge in [-0.05, 0) is 38.5 Å². The van der Waals surface area contributed by atoms with Gasteiger partial charge < -0.3 is 8.97 Å². The molecular weight excluding hydrogens is 340 g/mol. The van der Waals surface area contributed by atoms with E-state index in [9.17, 15) is 0 Å². The minimum Gasteiger partial charge on any atom is -0.328 e. The molecule has 0 aliphatic heterocycles. The first-order chi connectivity index (χ1) is 13.2. The molecule has 0 aromatic carbocycles. The van der Waals surface area contributed by atoms with Gasteiger partial charge in [-0.15, -0.1) is 0 Å². The molecule has 0 spiro atoms. The number of nitrogens with zero attached hydrogens (tertiary/aromatic N) is 2. The Morgan fingerprint density at radius 2 is 0.571 bits per heavy atom. The molecule has 0 unspecified atom stereocenters. The van der Waals surface area contributed by atoms with Crippen molar-refractivity contribution in [3.8, 4) is 0 Å². The first kappa shape index (κ1) is 30.1. The molecule has 0 atom stereocenters. The Morgan fingerprint density at radius 3 is 0.857 bits per heavy atom. The number of rotatable bonds is 18. The van der Waals surface area contributed by atoms with Crippen LogP contribution in [0, 0.1) is 0 Å². The SMILES string of the molecule is CCCCCCC[N+](C)(C)CCCC.CCCCCCC[N+](C)(C)CCCC. The molecule has 0 amide bonds. The highest BCUT2D eigenvalue weighted by Gasteiger charge is 2.13. The van der Waals surface area contributed by atoms with Crippen LogP contribution in [0.25, 0.3) is 0 Å². The van der Waals surface area contributed by atoms with Crippen molar-refractivity contribution in [3.05, 3.63) is 0 Å². The molecule has 0 aromatic heterocycles. The van der Waals surface area contributed by atoms with E-state index >= 15 is 0 Å². The predicted molar refractivity (Wildman–Crippen MR) is 131 cm³/mol. The molecule has 0 bridgehead atoms. The van der Waals surface area contributed by atoms with Crippen LogP contribution in [0.2, 0.25) is 0 Å². The van der Waals surface area contributed by atoms with Gasteiger partial charge in [0.2, 0.25) is 0 Å². The normalized spacial score (nSPS) is 12.0. The molecule has 28 heavy (non-hydrogen) atoms. The summed E-state index contributed by atoms with van der Waals surface area (Å²) in [6.07, 6.45) is 19.5. The number of unbranched alkanes of at least 4 members (excludes halogenated alkanes) is 10. The third-order valence-electron chi connectivity index (χ3n) is 5.97. The Kier molecular flexibility index (Phi) is 21.7. The summed E-state index contributed by atoms with van der Waals surface area (Å²) in [5.74, 6) is 0. The lowest BCUT2D eigenvalue weighted by molar-refractivity contribution is -0.890. The fraction of sp³-hybridized carbons (Fsp3) is 1.00. The van der Waals surface area contributed by atoms with Crippen LogP contribution in [-0.2, 0) is 0 Å². The van der Waals surface area contributed by atoms with E-state index in [0.717, 1.165) is 0 Å². The number of hydrogen-bond acceptors (Lipinski definition) is 0. The third kappa shape index (κ3) is 24.0. The monoisotopic (exact) mass is 400 g/mol. The Morgan fingerprint density at radius 1 is 0.321 bits per heavy atom. The van der Waals surface area contributed by atoms with Crippen LogP contribution in [0.15, 0.2) is 0 Å². The fourth-order valence-electron chi connectivity index (χ4n) is 3.68. The van der Waals surface area contributed by atoms with Crippen LogP contribution >= 0.6 is 0 Å². The van der Waals surface area contributed by atoms with Crippen molar-refractivity contribution in [2.24, 2.45) is 0 Å². The second kappa shape index (κ2) is 20.2. The van der Waals surface area contributed by atoms with Crippen LogP contribution < -0.4 is 0 Å². The maximum Gasteiger partial charge on any atom is 0.0782 e. The van der Waals surface area contributed by atoms with E-state index in [4.69, 9.17) is 0 Å². The van der Waals surface area contributed by atoms with Gasteiger partial charge in [0.1, 0.15) is 0 Å². The second-order valence-corrected chi connectivity index (χ2v) is 10.3. The molecule has 0 saturated carbocycles. The summed E-state index contributed by atoms with van der Waals surface area (Å²) >= 11 is 0. The second-order valence-electron chi connectivity index (χ2n) is 10.3. The molecule has 0 fully saturated rings. The van der Waals surface area contributed by atoms with Gasteiger partial charge in [-0.25, -0.2) is 0 Å². The van der Waals surface area contributed by atoms with Crippen molar-refractivity contribution in [3.63, 3.8) is 0 Å². The summed E-state index contributed by atoms with van der Waals surface area (Å²) in [7, 11) is 9.48. The highest BCUT2D eigenvalue weighted by Crippen LogP contribution is 2.09. The van der Waals surface area contributed by atoms with Gasteiger partial charge in [-0.2, -0.15) is 0 Å². The van der Waals surface area contributed by atoms with E-state index in [0.29, 0.717) is 0 Å². The highest BCUT2D eigenvalue weighted by molar-refractivity contribution is 4.44. The van der Waals surface area contributed by atoms with Crippen LogP contribution in [0.1, 0.15) is 118 Å². The highest BCUT2D eigenvalue weighted by atomic mass is 15.3. The molecule has 2 heteroatoms. The first-order valence-corrected chi connectivity index (χ1v) is 12.9.